The summed E-state index contributed by atoms with van der Waals surface area (Å²) in [5.74, 6) is -0.441. The summed E-state index contributed by atoms with van der Waals surface area (Å²) in [4.78, 5) is 11.5. The van der Waals surface area contributed by atoms with Crippen molar-refractivity contribution in [2.75, 3.05) is 6.54 Å². The van der Waals surface area contributed by atoms with Gasteiger partial charge in [-0.05, 0) is 27.8 Å². The number of halogens is 3. The Bertz CT molecular complexity index is 770. The van der Waals surface area contributed by atoms with E-state index in [4.69, 9.17) is 0 Å². The monoisotopic (exact) mass is 336 g/mol. The molecule has 2 aromatic rings. The maximum Gasteiger partial charge on any atom is 0.409 e. The van der Waals surface area contributed by atoms with Crippen molar-refractivity contribution < 1.29 is 18.0 Å². The third-order valence-electron chi connectivity index (χ3n) is 4.37. The fourth-order valence-corrected chi connectivity index (χ4v) is 3.30. The van der Waals surface area contributed by atoms with Crippen LogP contribution in [-0.4, -0.2) is 23.6 Å². The molecule has 0 aliphatic carbocycles. The second-order valence-electron chi connectivity index (χ2n) is 6.37. The van der Waals surface area contributed by atoms with E-state index in [2.05, 4.69) is 5.43 Å². The predicted molar refractivity (Wildman–Crippen MR) is 86.3 cm³/mol. The fourth-order valence-electron chi connectivity index (χ4n) is 3.30. The lowest BCUT2D eigenvalue weighted by molar-refractivity contribution is -0.190. The van der Waals surface area contributed by atoms with Crippen LogP contribution in [0.25, 0.3) is 10.8 Å². The Kier molecular flexibility index (Phi) is 4.25. The summed E-state index contributed by atoms with van der Waals surface area (Å²) in [7, 11) is 0. The van der Waals surface area contributed by atoms with Crippen LogP contribution in [-0.2, 0) is 4.79 Å². The molecule has 128 valence electrons. The van der Waals surface area contributed by atoms with Gasteiger partial charge < -0.3 is 0 Å². The van der Waals surface area contributed by atoms with Gasteiger partial charge in [-0.1, -0.05) is 50.2 Å². The molecule has 0 radical (unpaired) electrons. The molecule has 0 saturated carbocycles. The van der Waals surface area contributed by atoms with Crippen LogP contribution in [0.15, 0.2) is 36.4 Å². The zero-order valence-electron chi connectivity index (χ0n) is 13.5. The Morgan fingerprint density at radius 2 is 1.83 bits per heavy atom. The smallest absolute Gasteiger partial charge is 0.288 e. The lowest BCUT2D eigenvalue weighted by Gasteiger charge is -2.32. The Morgan fingerprint density at radius 1 is 1.12 bits per heavy atom. The van der Waals surface area contributed by atoms with Gasteiger partial charge in [0.2, 0.25) is 5.91 Å². The van der Waals surface area contributed by atoms with E-state index in [1.807, 2.05) is 19.9 Å². The second kappa shape index (κ2) is 6.09. The van der Waals surface area contributed by atoms with Gasteiger partial charge in [0.25, 0.3) is 0 Å². The average Bonchev–Trinajstić information content (AvgIpc) is 2.92. The number of hydrogen-bond donors (Lipinski definition) is 1. The van der Waals surface area contributed by atoms with Gasteiger partial charge in [0.15, 0.2) is 6.04 Å². The number of hydrogen-bond acceptors (Lipinski definition) is 2. The zero-order valence-corrected chi connectivity index (χ0v) is 13.5. The van der Waals surface area contributed by atoms with Gasteiger partial charge in [-0.15, -0.1) is 0 Å². The molecule has 0 aromatic heterocycles. The van der Waals surface area contributed by atoms with Crippen LogP contribution in [0.5, 0.6) is 0 Å². The van der Waals surface area contributed by atoms with Crippen molar-refractivity contribution in [3.8, 4) is 0 Å². The SMILES string of the molecule is CC(C)c1ccc2ccccc2c1C(N1CCC(=O)N1)C(F)(F)F. The topological polar surface area (TPSA) is 32.3 Å². The number of amides is 1. The van der Waals surface area contributed by atoms with Crippen molar-refractivity contribution >= 4 is 16.7 Å². The minimum atomic E-state index is -4.49. The molecule has 1 aliphatic rings. The summed E-state index contributed by atoms with van der Waals surface area (Å²) < 4.78 is 41.9. The lowest BCUT2D eigenvalue weighted by atomic mass is 9.87. The summed E-state index contributed by atoms with van der Waals surface area (Å²) in [6.45, 7) is 3.80. The first-order valence-corrected chi connectivity index (χ1v) is 7.93. The zero-order chi connectivity index (χ0) is 17.5. The van der Waals surface area contributed by atoms with Gasteiger partial charge in [-0.3, -0.25) is 10.2 Å². The van der Waals surface area contributed by atoms with Crippen LogP contribution in [0.3, 0.4) is 0 Å². The molecule has 1 atom stereocenters. The third kappa shape index (κ3) is 2.98. The number of carbonyl (C=O) groups excluding carboxylic acids is 1. The third-order valence-corrected chi connectivity index (χ3v) is 4.37. The highest BCUT2D eigenvalue weighted by molar-refractivity contribution is 5.87. The van der Waals surface area contributed by atoms with Gasteiger partial charge >= 0.3 is 6.18 Å². The van der Waals surface area contributed by atoms with Crippen molar-refractivity contribution in [3.63, 3.8) is 0 Å². The van der Waals surface area contributed by atoms with Crippen LogP contribution in [0.1, 0.15) is 43.4 Å². The predicted octanol–water partition coefficient (Wildman–Crippen LogP) is 4.30. The standard InChI is InChI=1S/C18H19F3N2O/c1-11(2)13-8-7-12-5-3-4-6-14(12)16(13)17(18(19,20)21)23-10-9-15(24)22-23/h3-8,11,17H,9-10H2,1-2H3,(H,22,24). The largest absolute Gasteiger partial charge is 0.409 e. The molecular weight excluding hydrogens is 317 g/mol. The van der Waals surface area contributed by atoms with E-state index >= 15 is 0 Å². The van der Waals surface area contributed by atoms with Gasteiger partial charge in [0, 0.05) is 13.0 Å². The van der Waals surface area contributed by atoms with Crippen LogP contribution in [0, 0.1) is 0 Å². The second-order valence-corrected chi connectivity index (χ2v) is 6.37. The summed E-state index contributed by atoms with van der Waals surface area (Å²) in [6, 6.07) is 8.83. The minimum absolute atomic E-state index is 0.0454. The Hall–Kier alpha value is -2.08. The molecule has 1 aliphatic heterocycles. The van der Waals surface area contributed by atoms with Gasteiger partial charge in [0.1, 0.15) is 0 Å². The lowest BCUT2D eigenvalue weighted by Crippen LogP contribution is -2.44. The van der Waals surface area contributed by atoms with Crippen LogP contribution < -0.4 is 5.43 Å². The van der Waals surface area contributed by atoms with E-state index in [9.17, 15) is 18.0 Å². The molecular formula is C18H19F3N2O. The molecule has 3 rings (SSSR count). The fraction of sp³-hybridized carbons (Fsp3) is 0.389. The summed E-state index contributed by atoms with van der Waals surface area (Å²) in [5, 5.41) is 2.36. The van der Waals surface area contributed by atoms with E-state index in [1.54, 1.807) is 30.3 Å². The summed E-state index contributed by atoms with van der Waals surface area (Å²) >= 11 is 0. The van der Waals surface area contributed by atoms with Crippen molar-refractivity contribution in [1.29, 1.82) is 0 Å². The van der Waals surface area contributed by atoms with E-state index in [1.165, 1.54) is 0 Å². The molecule has 2 aromatic carbocycles. The minimum Gasteiger partial charge on any atom is -0.288 e. The van der Waals surface area contributed by atoms with Crippen molar-refractivity contribution in [2.45, 2.75) is 38.4 Å². The first kappa shape index (κ1) is 16.8. The highest BCUT2D eigenvalue weighted by Crippen LogP contribution is 2.43. The Morgan fingerprint density at radius 3 is 2.42 bits per heavy atom. The Balaban J connectivity index is 2.26. The maximum atomic E-state index is 14.0. The number of hydrazine groups is 1. The highest BCUT2D eigenvalue weighted by atomic mass is 19.4. The number of nitrogens with zero attached hydrogens (tertiary/aromatic N) is 1. The quantitative estimate of drug-likeness (QED) is 0.906. The summed E-state index contributed by atoms with van der Waals surface area (Å²) in [5.41, 5.74) is 3.25. The van der Waals surface area contributed by atoms with E-state index in [0.29, 0.717) is 10.9 Å². The number of benzene rings is 2. The van der Waals surface area contributed by atoms with Crippen molar-refractivity contribution in [3.05, 3.63) is 47.5 Å². The van der Waals surface area contributed by atoms with Crippen LogP contribution in [0.2, 0.25) is 0 Å². The average molecular weight is 336 g/mol. The highest BCUT2D eigenvalue weighted by Gasteiger charge is 2.48. The number of carbonyl (C=O) groups is 1. The number of fused-ring (bicyclic) bond motifs is 1. The van der Waals surface area contributed by atoms with Crippen LogP contribution in [0.4, 0.5) is 13.2 Å². The summed E-state index contributed by atoms with van der Waals surface area (Å²) in [6.07, 6.45) is -4.42. The molecule has 0 bridgehead atoms. The van der Waals surface area contributed by atoms with E-state index < -0.39 is 12.2 Å². The molecule has 1 saturated heterocycles. The molecule has 24 heavy (non-hydrogen) atoms. The molecule has 1 N–H and O–H groups in total. The van der Waals surface area contributed by atoms with E-state index in [0.717, 1.165) is 10.4 Å². The molecule has 1 unspecified atom stereocenters. The molecule has 6 heteroatoms. The molecule has 1 heterocycles. The first-order chi connectivity index (χ1) is 11.3. The first-order valence-electron chi connectivity index (χ1n) is 7.93. The number of alkyl halides is 3. The molecule has 0 spiro atoms. The van der Waals surface area contributed by atoms with E-state index in [-0.39, 0.29) is 30.4 Å². The van der Waals surface area contributed by atoms with Crippen molar-refractivity contribution in [2.24, 2.45) is 0 Å². The molecule has 3 nitrogen and oxygen atoms in total. The maximum absolute atomic E-state index is 14.0. The number of rotatable bonds is 3. The van der Waals surface area contributed by atoms with Gasteiger partial charge in [-0.2, -0.15) is 13.2 Å². The van der Waals surface area contributed by atoms with Gasteiger partial charge in [0.05, 0.1) is 0 Å². The molecule has 1 fully saturated rings. The Labute approximate surface area is 138 Å². The van der Waals surface area contributed by atoms with Crippen molar-refractivity contribution in [1.82, 2.24) is 10.4 Å². The molecule has 1 amide bonds. The van der Waals surface area contributed by atoms with Crippen LogP contribution >= 0.6 is 0 Å². The normalized spacial score (nSPS) is 17.5. The van der Waals surface area contributed by atoms with Gasteiger partial charge in [-0.25, -0.2) is 5.01 Å². The number of nitrogens with one attached hydrogen (secondary N) is 1.